The smallest absolute Gasteiger partial charge is 0.243 e. The van der Waals surface area contributed by atoms with Gasteiger partial charge in [0.25, 0.3) is 0 Å². The van der Waals surface area contributed by atoms with E-state index in [-0.39, 0.29) is 17.5 Å². The van der Waals surface area contributed by atoms with Gasteiger partial charge in [0.15, 0.2) is 9.84 Å². The van der Waals surface area contributed by atoms with Crippen LogP contribution in [0.25, 0.3) is 5.69 Å². The molecule has 0 spiro atoms. The zero-order valence-electron chi connectivity index (χ0n) is 21.2. The molecule has 0 saturated carbocycles. The molecule has 1 fully saturated rings. The summed E-state index contributed by atoms with van der Waals surface area (Å²) < 4.78 is 66.6. The zero-order chi connectivity index (χ0) is 27.0. The largest absolute Gasteiger partial charge is 0.494 e. The molecule has 1 aromatic carbocycles. The standard InChI is InChI=1S/C23H30N6O6S2/c1-14-11-24-21(25-12-14)15(2)16(3)37(32,33)28-23-27-26-22(17-9-10-36(30,31)13-17)29(23)20-18(34-4)7-6-8-19(20)35-5/h6-8,11-12,15-17H,9-10,13H2,1-5H3,(H,27,28)/t15-,16-,17+/m0/s1. The average Bonchev–Trinajstić information content (AvgIpc) is 3.44. The van der Waals surface area contributed by atoms with Crippen molar-refractivity contribution in [2.75, 3.05) is 30.4 Å². The number of benzene rings is 1. The van der Waals surface area contributed by atoms with Crippen molar-refractivity contribution in [1.82, 2.24) is 24.7 Å². The number of rotatable bonds is 9. The maximum Gasteiger partial charge on any atom is 0.243 e. The lowest BCUT2D eigenvalue weighted by atomic mass is 10.1. The van der Waals surface area contributed by atoms with Crippen LogP contribution in [0.5, 0.6) is 11.5 Å². The van der Waals surface area contributed by atoms with Crippen LogP contribution in [0.3, 0.4) is 0 Å². The minimum absolute atomic E-state index is 0.0136. The predicted molar refractivity (Wildman–Crippen MR) is 138 cm³/mol. The number of hydrogen-bond acceptors (Lipinski definition) is 10. The average molecular weight is 551 g/mol. The maximum absolute atomic E-state index is 13.5. The van der Waals surface area contributed by atoms with E-state index in [0.717, 1.165) is 5.56 Å². The van der Waals surface area contributed by atoms with Gasteiger partial charge in [-0.15, -0.1) is 10.2 Å². The van der Waals surface area contributed by atoms with E-state index < -0.39 is 36.9 Å². The summed E-state index contributed by atoms with van der Waals surface area (Å²) in [6.45, 7) is 5.14. The van der Waals surface area contributed by atoms with Crippen molar-refractivity contribution < 1.29 is 26.3 Å². The number of nitrogens with zero attached hydrogens (tertiary/aromatic N) is 5. The molecule has 1 saturated heterocycles. The number of para-hydroxylation sites is 1. The van der Waals surface area contributed by atoms with Gasteiger partial charge < -0.3 is 9.47 Å². The van der Waals surface area contributed by atoms with Gasteiger partial charge >= 0.3 is 0 Å². The fraction of sp³-hybridized carbons (Fsp3) is 0.478. The zero-order valence-corrected chi connectivity index (χ0v) is 22.9. The van der Waals surface area contributed by atoms with Crippen LogP contribution in [0.4, 0.5) is 5.95 Å². The van der Waals surface area contributed by atoms with Crippen molar-refractivity contribution in [1.29, 1.82) is 0 Å². The highest BCUT2D eigenvalue weighted by atomic mass is 32.2. The molecule has 0 radical (unpaired) electrons. The Bertz CT molecular complexity index is 1470. The molecule has 0 bridgehead atoms. The first-order chi connectivity index (χ1) is 17.5. The summed E-state index contributed by atoms with van der Waals surface area (Å²) in [5.41, 5.74) is 1.22. The molecule has 3 heterocycles. The molecule has 1 aliphatic heterocycles. The molecule has 1 N–H and O–H groups in total. The van der Waals surface area contributed by atoms with Gasteiger partial charge in [-0.2, -0.15) is 0 Å². The molecule has 0 unspecified atom stereocenters. The first kappa shape index (κ1) is 26.8. The topological polar surface area (TPSA) is 155 Å². The maximum atomic E-state index is 13.5. The lowest BCUT2D eigenvalue weighted by Gasteiger charge is -2.22. The number of hydrogen-bond donors (Lipinski definition) is 1. The fourth-order valence-electron chi connectivity index (χ4n) is 4.23. The molecule has 14 heteroatoms. The van der Waals surface area contributed by atoms with Crippen LogP contribution in [-0.2, 0) is 19.9 Å². The van der Waals surface area contributed by atoms with Crippen molar-refractivity contribution in [3.8, 4) is 17.2 Å². The molecule has 3 aromatic rings. The molecular formula is C23H30N6O6S2. The van der Waals surface area contributed by atoms with E-state index in [2.05, 4.69) is 24.9 Å². The normalized spacial score (nSPS) is 18.8. The number of aryl methyl sites for hydroxylation is 1. The summed E-state index contributed by atoms with van der Waals surface area (Å²) >= 11 is 0. The van der Waals surface area contributed by atoms with Gasteiger partial charge in [-0.25, -0.2) is 26.8 Å². The molecule has 0 amide bonds. The number of anilines is 1. The lowest BCUT2D eigenvalue weighted by Crippen LogP contribution is -2.31. The van der Waals surface area contributed by atoms with Crippen molar-refractivity contribution in [2.45, 2.75) is 44.3 Å². The molecule has 4 rings (SSSR count). The minimum Gasteiger partial charge on any atom is -0.494 e. The molecule has 37 heavy (non-hydrogen) atoms. The van der Waals surface area contributed by atoms with Gasteiger partial charge in [0.1, 0.15) is 28.8 Å². The molecule has 1 aliphatic rings. The Morgan fingerprint density at radius 1 is 1.08 bits per heavy atom. The Hall–Kier alpha value is -3.26. The van der Waals surface area contributed by atoms with Gasteiger partial charge in [-0.1, -0.05) is 13.0 Å². The van der Waals surface area contributed by atoms with E-state index in [1.165, 1.54) is 18.8 Å². The monoisotopic (exact) mass is 550 g/mol. The second-order valence-electron chi connectivity index (χ2n) is 9.09. The third-order valence-electron chi connectivity index (χ3n) is 6.55. The first-order valence-corrected chi connectivity index (χ1v) is 15.0. The van der Waals surface area contributed by atoms with Crippen LogP contribution in [0.2, 0.25) is 0 Å². The Kier molecular flexibility index (Phi) is 7.42. The van der Waals surface area contributed by atoms with Gasteiger partial charge in [-0.3, -0.25) is 9.29 Å². The minimum atomic E-state index is -4.03. The van der Waals surface area contributed by atoms with E-state index in [1.807, 2.05) is 6.92 Å². The molecule has 3 atom stereocenters. The van der Waals surface area contributed by atoms with E-state index in [0.29, 0.717) is 35.3 Å². The number of sulfone groups is 1. The number of nitrogens with one attached hydrogen (secondary N) is 1. The van der Waals surface area contributed by atoms with E-state index in [1.54, 1.807) is 44.4 Å². The summed E-state index contributed by atoms with van der Waals surface area (Å²) in [4.78, 5) is 8.55. The van der Waals surface area contributed by atoms with Gasteiger partial charge in [-0.05, 0) is 38.0 Å². The van der Waals surface area contributed by atoms with Crippen LogP contribution in [0.1, 0.15) is 49.3 Å². The van der Waals surface area contributed by atoms with E-state index in [9.17, 15) is 16.8 Å². The van der Waals surface area contributed by atoms with Crippen LogP contribution < -0.4 is 14.2 Å². The predicted octanol–water partition coefficient (Wildman–Crippen LogP) is 2.22. The SMILES string of the molecule is COc1cccc(OC)c1-n1c(NS(=O)(=O)[C@@H](C)[C@H](C)c2ncc(C)cn2)nnc1[C@@H]1CCS(=O)(=O)C1. The van der Waals surface area contributed by atoms with E-state index >= 15 is 0 Å². The second kappa shape index (κ2) is 10.2. The Morgan fingerprint density at radius 3 is 2.24 bits per heavy atom. The number of ether oxygens (including phenoxy) is 2. The molecule has 12 nitrogen and oxygen atoms in total. The summed E-state index contributed by atoms with van der Waals surface area (Å²) in [7, 11) is -4.34. The van der Waals surface area contributed by atoms with Crippen molar-refractivity contribution >= 4 is 25.8 Å². The van der Waals surface area contributed by atoms with Crippen LogP contribution >= 0.6 is 0 Å². The van der Waals surface area contributed by atoms with Gasteiger partial charge in [0, 0.05) is 24.2 Å². The third-order valence-corrected chi connectivity index (χ3v) is 10.2. The Balaban J connectivity index is 1.79. The van der Waals surface area contributed by atoms with Crippen LogP contribution in [0.15, 0.2) is 30.6 Å². The second-order valence-corrected chi connectivity index (χ2v) is 13.4. The summed E-state index contributed by atoms with van der Waals surface area (Å²) in [6, 6.07) is 5.09. The third kappa shape index (κ3) is 5.39. The van der Waals surface area contributed by atoms with E-state index in [4.69, 9.17) is 9.47 Å². The number of methoxy groups -OCH3 is 2. The summed E-state index contributed by atoms with van der Waals surface area (Å²) in [5, 5.41) is 7.43. The van der Waals surface area contributed by atoms with Crippen LogP contribution in [0, 0.1) is 6.92 Å². The first-order valence-electron chi connectivity index (χ1n) is 11.6. The highest BCUT2D eigenvalue weighted by molar-refractivity contribution is 7.93. The molecular weight excluding hydrogens is 520 g/mol. The highest BCUT2D eigenvalue weighted by Gasteiger charge is 2.37. The summed E-state index contributed by atoms with van der Waals surface area (Å²) in [5.74, 6) is 0.209. The lowest BCUT2D eigenvalue weighted by molar-refractivity contribution is 0.390. The highest BCUT2D eigenvalue weighted by Crippen LogP contribution is 2.39. The molecule has 0 aliphatic carbocycles. The number of aromatic nitrogens is 5. The van der Waals surface area contributed by atoms with Gasteiger partial charge in [0.2, 0.25) is 16.0 Å². The molecule has 2 aromatic heterocycles. The van der Waals surface area contributed by atoms with Crippen molar-refractivity contribution in [2.24, 2.45) is 0 Å². The van der Waals surface area contributed by atoms with Gasteiger partial charge in [0.05, 0.1) is 31.0 Å². The quantitative estimate of drug-likeness (QED) is 0.419. The number of sulfonamides is 1. The van der Waals surface area contributed by atoms with Crippen LogP contribution in [-0.4, -0.2) is 72.5 Å². The van der Waals surface area contributed by atoms with Crippen molar-refractivity contribution in [3.63, 3.8) is 0 Å². The Labute approximate surface area is 216 Å². The van der Waals surface area contributed by atoms with Crippen molar-refractivity contribution in [3.05, 3.63) is 47.8 Å². The Morgan fingerprint density at radius 2 is 1.70 bits per heavy atom. The summed E-state index contributed by atoms with van der Waals surface area (Å²) in [6.07, 6.45) is 3.61. The molecule has 200 valence electrons. The fourth-order valence-corrected chi connectivity index (χ4v) is 7.21.